The van der Waals surface area contributed by atoms with E-state index < -0.39 is 5.91 Å². The Morgan fingerprint density at radius 3 is 2.78 bits per heavy atom. The molecule has 8 nitrogen and oxygen atoms in total. The van der Waals surface area contributed by atoms with Gasteiger partial charge in [-0.05, 0) is 62.3 Å². The number of hydrogen-bond acceptors (Lipinski definition) is 7. The molecular weight excluding hydrogens is 484 g/mol. The van der Waals surface area contributed by atoms with Gasteiger partial charge >= 0.3 is 0 Å². The van der Waals surface area contributed by atoms with Crippen molar-refractivity contribution in [3.05, 3.63) is 49.4 Å². The predicted octanol–water partition coefficient (Wildman–Crippen LogP) is 2.15. The number of thiazole rings is 1. The summed E-state index contributed by atoms with van der Waals surface area (Å²) in [7, 11) is 0. The van der Waals surface area contributed by atoms with Gasteiger partial charge in [-0.15, -0.1) is 11.3 Å². The Morgan fingerprint density at radius 2 is 2.03 bits per heavy atom. The molecule has 1 aliphatic heterocycles. The molecule has 2 fully saturated rings. The van der Waals surface area contributed by atoms with Crippen LogP contribution in [0.5, 0.6) is 0 Å². The Kier molecular flexibility index (Phi) is 9.16. The molecule has 9 heteroatoms. The Hall–Kier alpha value is -3.40. The molecule has 0 unspecified atom stereocenters. The van der Waals surface area contributed by atoms with Crippen LogP contribution in [0.4, 0.5) is 5.69 Å². The van der Waals surface area contributed by atoms with Crippen LogP contribution in [0.15, 0.2) is 29.1 Å². The highest BCUT2D eigenvalue weighted by atomic mass is 32.1. The number of aromatic nitrogens is 1. The average molecular weight is 519 g/mol. The summed E-state index contributed by atoms with van der Waals surface area (Å²) in [5.41, 5.74) is 1.70. The maximum Gasteiger partial charge on any atom is 0.270 e. The van der Waals surface area contributed by atoms with Crippen LogP contribution in [-0.4, -0.2) is 41.6 Å². The van der Waals surface area contributed by atoms with Crippen molar-refractivity contribution in [1.29, 1.82) is 10.5 Å². The topological polar surface area (TPSA) is 114 Å². The third-order valence-corrected chi connectivity index (χ3v) is 8.62. The molecule has 0 bridgehead atoms. The van der Waals surface area contributed by atoms with Gasteiger partial charge in [0.15, 0.2) is 5.57 Å². The number of amides is 1. The summed E-state index contributed by atoms with van der Waals surface area (Å²) in [6.07, 6.45) is 9.56. The molecule has 2 N–H and O–H groups in total. The summed E-state index contributed by atoms with van der Waals surface area (Å²) >= 11 is 1.09. The van der Waals surface area contributed by atoms with Crippen molar-refractivity contribution in [3.63, 3.8) is 0 Å². The molecule has 1 aromatic carbocycles. The highest BCUT2D eigenvalue weighted by molar-refractivity contribution is 7.07. The van der Waals surface area contributed by atoms with Crippen molar-refractivity contribution in [1.82, 2.24) is 14.8 Å². The maximum atomic E-state index is 12.9. The maximum absolute atomic E-state index is 12.9. The van der Waals surface area contributed by atoms with Crippen LogP contribution in [0.1, 0.15) is 44.6 Å². The van der Waals surface area contributed by atoms with E-state index in [4.69, 9.17) is 5.26 Å². The van der Waals surface area contributed by atoms with Crippen LogP contribution in [0.2, 0.25) is 0 Å². The van der Waals surface area contributed by atoms with Gasteiger partial charge in [0.05, 0.1) is 6.07 Å². The van der Waals surface area contributed by atoms with Crippen molar-refractivity contribution in [2.45, 2.75) is 52.0 Å². The molecule has 1 aromatic heterocycles. The fourth-order valence-electron chi connectivity index (χ4n) is 5.53. The number of anilines is 1. The van der Waals surface area contributed by atoms with Crippen LogP contribution in [0.25, 0.3) is 11.8 Å². The second-order valence-electron chi connectivity index (χ2n) is 9.78. The second-order valence-corrected chi connectivity index (χ2v) is 10.8. The van der Waals surface area contributed by atoms with Crippen LogP contribution >= 0.6 is 11.3 Å². The zero-order chi connectivity index (χ0) is 26.2. The summed E-state index contributed by atoms with van der Waals surface area (Å²) in [6, 6.07) is 11.9. The second kappa shape index (κ2) is 12.7. The molecule has 0 spiro atoms. The number of hydrogen-bond donors (Lipinski definition) is 2. The van der Waals surface area contributed by atoms with E-state index >= 15 is 0 Å². The van der Waals surface area contributed by atoms with Crippen molar-refractivity contribution in [2.24, 2.45) is 11.8 Å². The van der Waals surface area contributed by atoms with Gasteiger partial charge in [-0.25, -0.2) is 0 Å². The van der Waals surface area contributed by atoms with Gasteiger partial charge in [0.25, 0.3) is 11.5 Å². The zero-order valence-electron chi connectivity index (χ0n) is 21.3. The molecule has 2 aliphatic rings. The number of rotatable bonds is 8. The fourth-order valence-corrected chi connectivity index (χ4v) is 6.61. The van der Waals surface area contributed by atoms with Crippen molar-refractivity contribution >= 4 is 34.7 Å². The zero-order valence-corrected chi connectivity index (χ0v) is 22.1. The SMILES string of the molecule is CCn1c(=C(C#N)C(=O)NCC#N)sc(=CNc2cccc(CCN3CC[C@@H]4CCCC[C@@H]4C3)c2)c1=O. The van der Waals surface area contributed by atoms with Gasteiger partial charge in [-0.2, -0.15) is 10.5 Å². The number of benzene rings is 1. The van der Waals surface area contributed by atoms with Crippen LogP contribution in [0, 0.1) is 34.5 Å². The molecule has 1 saturated heterocycles. The molecule has 4 rings (SSSR count). The number of nitrogens with zero attached hydrogens (tertiary/aromatic N) is 4. The number of likely N-dealkylation sites (tertiary alicyclic amines) is 1. The van der Waals surface area contributed by atoms with E-state index in [2.05, 4.69) is 27.7 Å². The molecule has 1 saturated carbocycles. The first-order valence-electron chi connectivity index (χ1n) is 13.1. The molecule has 1 aliphatic carbocycles. The first kappa shape index (κ1) is 26.7. The monoisotopic (exact) mass is 518 g/mol. The van der Waals surface area contributed by atoms with E-state index in [1.165, 1.54) is 55.3 Å². The summed E-state index contributed by atoms with van der Waals surface area (Å²) in [5, 5.41) is 23.8. The number of fused-ring (bicyclic) bond motifs is 1. The number of carbonyl (C=O) groups is 1. The molecule has 37 heavy (non-hydrogen) atoms. The van der Waals surface area contributed by atoms with Gasteiger partial charge in [0, 0.05) is 31.5 Å². The molecule has 1 amide bonds. The normalized spacial score (nSPS) is 20.9. The van der Waals surface area contributed by atoms with Gasteiger partial charge in [0.1, 0.15) is 21.8 Å². The highest BCUT2D eigenvalue weighted by Crippen LogP contribution is 2.36. The molecule has 194 valence electrons. The first-order chi connectivity index (χ1) is 18.0. The summed E-state index contributed by atoms with van der Waals surface area (Å²) in [4.78, 5) is 27.9. The van der Waals surface area contributed by atoms with E-state index in [9.17, 15) is 14.9 Å². The molecule has 2 aromatic rings. The van der Waals surface area contributed by atoms with Gasteiger partial charge in [0.2, 0.25) is 0 Å². The largest absolute Gasteiger partial charge is 0.360 e. The Labute approximate surface area is 221 Å². The number of nitriles is 2. The minimum absolute atomic E-state index is 0.168. The third-order valence-electron chi connectivity index (χ3n) is 7.49. The highest BCUT2D eigenvalue weighted by Gasteiger charge is 2.30. The van der Waals surface area contributed by atoms with Gasteiger partial charge in [-0.1, -0.05) is 31.4 Å². The van der Waals surface area contributed by atoms with Crippen molar-refractivity contribution < 1.29 is 4.79 Å². The quantitative estimate of drug-likeness (QED) is 0.518. The molecule has 2 heterocycles. The van der Waals surface area contributed by atoms with E-state index in [0.717, 1.165) is 41.8 Å². The first-order valence-corrected chi connectivity index (χ1v) is 13.9. The lowest BCUT2D eigenvalue weighted by molar-refractivity contribution is -0.115. The van der Waals surface area contributed by atoms with Gasteiger partial charge in [-0.3, -0.25) is 14.2 Å². The smallest absolute Gasteiger partial charge is 0.270 e. The van der Waals surface area contributed by atoms with Crippen LogP contribution in [0.3, 0.4) is 0 Å². The van der Waals surface area contributed by atoms with Crippen molar-refractivity contribution in [3.8, 4) is 12.1 Å². The average Bonchev–Trinajstić information content (AvgIpc) is 3.24. The van der Waals surface area contributed by atoms with Gasteiger partial charge < -0.3 is 15.5 Å². The van der Waals surface area contributed by atoms with Crippen LogP contribution in [-0.2, 0) is 17.8 Å². The Morgan fingerprint density at radius 1 is 1.22 bits per heavy atom. The lowest BCUT2D eigenvalue weighted by Crippen LogP contribution is -2.42. The van der Waals surface area contributed by atoms with Crippen LogP contribution < -0.4 is 25.4 Å². The molecule has 0 radical (unpaired) electrons. The Bertz CT molecular complexity index is 1380. The summed E-state index contributed by atoms with van der Waals surface area (Å²) in [5.74, 6) is 1.16. The molecular formula is C28H34N6O2S. The standard InChI is InChI=1S/C28H34N6O2S/c1-2-34-27(36)25(37-28(34)24(17-30)26(35)31-13-12-29)18-32-23-9-5-6-20(16-23)10-14-33-15-11-21-7-3-4-8-22(21)19-33/h5-6,9,16,18,21-22,32H,2-4,7-8,10-11,13-15,19H2,1H3,(H,31,35)/t21-,22+/m0/s1. The summed E-state index contributed by atoms with van der Waals surface area (Å²) in [6.45, 7) is 5.40. The lowest BCUT2D eigenvalue weighted by Gasteiger charge is -2.41. The lowest BCUT2D eigenvalue weighted by atomic mass is 9.75. The number of carbonyl (C=O) groups excluding carboxylic acids is 1. The summed E-state index contributed by atoms with van der Waals surface area (Å²) < 4.78 is 2.10. The minimum Gasteiger partial charge on any atom is -0.360 e. The van der Waals surface area contributed by atoms with E-state index in [1.54, 1.807) is 13.1 Å². The van der Waals surface area contributed by atoms with E-state index in [-0.39, 0.29) is 22.3 Å². The van der Waals surface area contributed by atoms with E-state index in [1.807, 2.05) is 24.3 Å². The molecule has 2 atom stereocenters. The number of piperidine rings is 1. The number of nitrogens with one attached hydrogen (secondary N) is 2. The van der Waals surface area contributed by atoms with Crippen molar-refractivity contribution in [2.75, 3.05) is 31.5 Å². The minimum atomic E-state index is -0.660. The third kappa shape index (κ3) is 6.49. The Balaban J connectivity index is 1.46. The predicted molar refractivity (Wildman–Crippen MR) is 146 cm³/mol. The fraction of sp³-hybridized carbons (Fsp3) is 0.500. The van der Waals surface area contributed by atoms with E-state index in [0.29, 0.717) is 11.1 Å².